The molecule has 0 radical (unpaired) electrons. The van der Waals surface area contributed by atoms with Crippen molar-refractivity contribution in [2.24, 2.45) is 5.73 Å². The molecule has 0 spiro atoms. The molecular formula is C15H13F3N4O2. The largest absolute Gasteiger partial charge is 0.433 e. The number of rotatable bonds is 4. The second kappa shape index (κ2) is 6.99. The highest BCUT2D eigenvalue weighted by molar-refractivity contribution is 5.93. The normalized spacial score (nSPS) is 11.0. The summed E-state index contributed by atoms with van der Waals surface area (Å²) in [5.74, 6) is -0.546. The van der Waals surface area contributed by atoms with Crippen LogP contribution < -0.4 is 16.4 Å². The highest BCUT2D eigenvalue weighted by Gasteiger charge is 2.32. The van der Waals surface area contributed by atoms with Gasteiger partial charge in [-0.25, -0.2) is 4.79 Å². The fraction of sp³-hybridized carbons (Fsp3) is 0.133. The van der Waals surface area contributed by atoms with Gasteiger partial charge in [-0.2, -0.15) is 13.2 Å². The van der Waals surface area contributed by atoms with Crippen LogP contribution in [0.1, 0.15) is 21.6 Å². The number of nitrogens with zero attached hydrogens (tertiary/aromatic N) is 1. The molecule has 0 aliphatic rings. The molecule has 126 valence electrons. The smallest absolute Gasteiger partial charge is 0.351 e. The molecule has 0 unspecified atom stereocenters. The van der Waals surface area contributed by atoms with Gasteiger partial charge in [-0.15, -0.1) is 0 Å². The van der Waals surface area contributed by atoms with Crippen LogP contribution in [0.4, 0.5) is 23.7 Å². The lowest BCUT2D eigenvalue weighted by molar-refractivity contribution is -0.141. The zero-order valence-electron chi connectivity index (χ0n) is 12.2. The first-order valence-corrected chi connectivity index (χ1v) is 6.72. The number of pyridine rings is 1. The molecule has 2 aromatic rings. The highest BCUT2D eigenvalue weighted by atomic mass is 19.4. The summed E-state index contributed by atoms with van der Waals surface area (Å²) < 4.78 is 37.2. The minimum absolute atomic E-state index is 0.0232. The Morgan fingerprint density at radius 1 is 1.08 bits per heavy atom. The molecule has 9 heteroatoms. The molecule has 3 amide bonds. The number of aromatic nitrogens is 1. The zero-order valence-corrected chi connectivity index (χ0v) is 12.2. The summed E-state index contributed by atoms with van der Waals surface area (Å²) in [4.78, 5) is 25.8. The van der Waals surface area contributed by atoms with Crippen LogP contribution in [-0.4, -0.2) is 16.9 Å². The van der Waals surface area contributed by atoms with Crippen molar-refractivity contribution in [2.75, 3.05) is 5.32 Å². The third-order valence-corrected chi connectivity index (χ3v) is 2.99. The van der Waals surface area contributed by atoms with Gasteiger partial charge in [0.25, 0.3) is 5.91 Å². The third kappa shape index (κ3) is 4.70. The Labute approximate surface area is 134 Å². The molecule has 1 aromatic carbocycles. The maximum absolute atomic E-state index is 12.4. The van der Waals surface area contributed by atoms with E-state index in [4.69, 9.17) is 5.73 Å². The van der Waals surface area contributed by atoms with Crippen molar-refractivity contribution in [1.29, 1.82) is 0 Å². The van der Waals surface area contributed by atoms with E-state index < -0.39 is 23.8 Å². The molecule has 0 aliphatic heterocycles. The van der Waals surface area contributed by atoms with Crippen molar-refractivity contribution < 1.29 is 22.8 Å². The maximum atomic E-state index is 12.4. The summed E-state index contributed by atoms with van der Waals surface area (Å²) >= 11 is 0. The van der Waals surface area contributed by atoms with Crippen molar-refractivity contribution in [2.45, 2.75) is 12.7 Å². The number of benzene rings is 1. The minimum atomic E-state index is -4.55. The minimum Gasteiger partial charge on any atom is -0.351 e. The number of carbonyl (C=O) groups excluding carboxylic acids is 2. The summed E-state index contributed by atoms with van der Waals surface area (Å²) in [6.07, 6.45) is -3.67. The molecule has 6 nitrogen and oxygen atoms in total. The molecule has 0 saturated heterocycles. The van der Waals surface area contributed by atoms with Crippen LogP contribution in [0.5, 0.6) is 0 Å². The van der Waals surface area contributed by atoms with Crippen molar-refractivity contribution in [3.63, 3.8) is 0 Å². The Balaban J connectivity index is 1.94. The number of halogens is 3. The van der Waals surface area contributed by atoms with Crippen molar-refractivity contribution >= 4 is 17.6 Å². The van der Waals surface area contributed by atoms with Gasteiger partial charge in [-0.05, 0) is 29.8 Å². The molecule has 1 aromatic heterocycles. The Bertz CT molecular complexity index is 728. The van der Waals surface area contributed by atoms with E-state index in [0.717, 1.165) is 23.9 Å². The van der Waals surface area contributed by atoms with Crippen molar-refractivity contribution in [3.8, 4) is 0 Å². The van der Waals surface area contributed by atoms with Gasteiger partial charge in [0.15, 0.2) is 0 Å². The van der Waals surface area contributed by atoms with Crippen LogP contribution >= 0.6 is 0 Å². The molecule has 2 rings (SSSR count). The molecule has 0 saturated carbocycles. The zero-order chi connectivity index (χ0) is 17.7. The van der Waals surface area contributed by atoms with E-state index in [1.807, 2.05) is 0 Å². The van der Waals surface area contributed by atoms with E-state index in [0.29, 0.717) is 5.69 Å². The SMILES string of the molecule is NC(=O)Nc1ccc(CNC(=O)c2ccc(C(F)(F)F)nc2)cc1. The quantitative estimate of drug-likeness (QED) is 0.799. The predicted octanol–water partition coefficient (Wildman–Crippen LogP) is 2.52. The number of hydrogen-bond donors (Lipinski definition) is 3. The Morgan fingerprint density at radius 3 is 2.25 bits per heavy atom. The number of primary amides is 1. The van der Waals surface area contributed by atoms with Gasteiger partial charge in [-0.1, -0.05) is 12.1 Å². The van der Waals surface area contributed by atoms with E-state index in [-0.39, 0.29) is 12.1 Å². The maximum Gasteiger partial charge on any atom is 0.433 e. The van der Waals surface area contributed by atoms with Crippen LogP contribution in [0.15, 0.2) is 42.6 Å². The van der Waals surface area contributed by atoms with Crippen LogP contribution in [0.25, 0.3) is 0 Å². The van der Waals surface area contributed by atoms with Crippen LogP contribution in [-0.2, 0) is 12.7 Å². The van der Waals surface area contributed by atoms with E-state index in [1.54, 1.807) is 24.3 Å². The number of alkyl halides is 3. The number of anilines is 1. The van der Waals surface area contributed by atoms with Gasteiger partial charge in [-0.3, -0.25) is 9.78 Å². The lowest BCUT2D eigenvalue weighted by atomic mass is 10.2. The monoisotopic (exact) mass is 338 g/mol. The predicted molar refractivity (Wildman–Crippen MR) is 80.1 cm³/mol. The molecule has 0 aliphatic carbocycles. The van der Waals surface area contributed by atoms with Gasteiger partial charge >= 0.3 is 12.2 Å². The Morgan fingerprint density at radius 2 is 1.75 bits per heavy atom. The number of amides is 3. The average molecular weight is 338 g/mol. The molecular weight excluding hydrogens is 325 g/mol. The summed E-state index contributed by atoms with van der Waals surface area (Å²) in [6.45, 7) is 0.163. The standard InChI is InChI=1S/C15H13F3N4O2/c16-15(17,18)12-6-3-10(8-20-12)13(23)21-7-9-1-4-11(5-2-9)22-14(19)24/h1-6,8H,7H2,(H,21,23)(H3,19,22,24). The second-order valence-corrected chi connectivity index (χ2v) is 4.80. The summed E-state index contributed by atoms with van der Waals surface area (Å²) in [7, 11) is 0. The van der Waals surface area contributed by atoms with Gasteiger partial charge in [0.1, 0.15) is 5.69 Å². The summed E-state index contributed by atoms with van der Waals surface area (Å²) in [6, 6.07) is 7.65. The number of nitrogens with two attached hydrogens (primary N) is 1. The molecule has 0 fully saturated rings. The number of urea groups is 1. The highest BCUT2D eigenvalue weighted by Crippen LogP contribution is 2.27. The van der Waals surface area contributed by atoms with Crippen LogP contribution in [0.2, 0.25) is 0 Å². The van der Waals surface area contributed by atoms with E-state index in [2.05, 4.69) is 15.6 Å². The van der Waals surface area contributed by atoms with Gasteiger partial charge in [0.05, 0.1) is 5.56 Å². The fourth-order valence-corrected chi connectivity index (χ4v) is 1.83. The van der Waals surface area contributed by atoms with Gasteiger partial charge in [0.2, 0.25) is 0 Å². The van der Waals surface area contributed by atoms with Crippen molar-refractivity contribution in [1.82, 2.24) is 10.3 Å². The first-order chi connectivity index (χ1) is 11.3. The molecule has 0 bridgehead atoms. The Hall–Kier alpha value is -3.10. The van der Waals surface area contributed by atoms with E-state index >= 15 is 0 Å². The molecule has 1 heterocycles. The molecule has 0 atom stereocenters. The van der Waals surface area contributed by atoms with Gasteiger partial charge < -0.3 is 16.4 Å². The fourth-order valence-electron chi connectivity index (χ4n) is 1.83. The summed E-state index contributed by atoms with van der Waals surface area (Å²) in [5.41, 5.74) is 5.18. The van der Waals surface area contributed by atoms with E-state index in [9.17, 15) is 22.8 Å². The topological polar surface area (TPSA) is 97.1 Å². The third-order valence-electron chi connectivity index (χ3n) is 2.99. The average Bonchev–Trinajstić information content (AvgIpc) is 2.52. The number of hydrogen-bond acceptors (Lipinski definition) is 3. The van der Waals surface area contributed by atoms with Crippen LogP contribution in [0.3, 0.4) is 0 Å². The summed E-state index contributed by atoms with van der Waals surface area (Å²) in [5, 5.41) is 4.95. The number of carbonyl (C=O) groups is 2. The first-order valence-electron chi connectivity index (χ1n) is 6.72. The second-order valence-electron chi connectivity index (χ2n) is 4.80. The molecule has 24 heavy (non-hydrogen) atoms. The first kappa shape index (κ1) is 17.3. The van der Waals surface area contributed by atoms with E-state index in [1.165, 1.54) is 0 Å². The Kier molecular flexibility index (Phi) is 5.02. The molecule has 4 N–H and O–H groups in total. The van der Waals surface area contributed by atoms with Crippen LogP contribution in [0, 0.1) is 0 Å². The number of nitrogens with one attached hydrogen (secondary N) is 2. The lowest BCUT2D eigenvalue weighted by Gasteiger charge is -2.08. The lowest BCUT2D eigenvalue weighted by Crippen LogP contribution is -2.23. The van der Waals surface area contributed by atoms with Gasteiger partial charge in [0, 0.05) is 18.4 Å². The van der Waals surface area contributed by atoms with Crippen molar-refractivity contribution in [3.05, 3.63) is 59.4 Å².